The molecule has 2 rings (SSSR count). The lowest BCUT2D eigenvalue weighted by Crippen LogP contribution is -1.99. The van der Waals surface area contributed by atoms with Crippen molar-refractivity contribution in [3.05, 3.63) is 35.8 Å². The van der Waals surface area contributed by atoms with Gasteiger partial charge in [-0.1, -0.05) is 0 Å². The van der Waals surface area contributed by atoms with E-state index in [1.165, 1.54) is 0 Å². The SMILES string of the molecule is Cc1ccnc(Oc2cnn(C(C)C)c2)c1C#N. The van der Waals surface area contributed by atoms with Gasteiger partial charge in [-0.3, -0.25) is 4.68 Å². The summed E-state index contributed by atoms with van der Waals surface area (Å²) < 4.78 is 7.38. The van der Waals surface area contributed by atoms with E-state index in [2.05, 4.69) is 16.2 Å². The Bertz CT molecular complexity index is 595. The van der Waals surface area contributed by atoms with Crippen molar-refractivity contribution in [2.24, 2.45) is 0 Å². The molecule has 0 unspecified atom stereocenters. The predicted molar refractivity (Wildman–Crippen MR) is 66.4 cm³/mol. The number of nitriles is 1. The predicted octanol–water partition coefficient (Wildman–Crippen LogP) is 2.83. The summed E-state index contributed by atoms with van der Waals surface area (Å²) in [6, 6.07) is 4.15. The number of hydrogen-bond acceptors (Lipinski definition) is 4. The van der Waals surface area contributed by atoms with Gasteiger partial charge in [0.1, 0.15) is 11.6 Å². The van der Waals surface area contributed by atoms with Crippen LogP contribution in [0.2, 0.25) is 0 Å². The lowest BCUT2D eigenvalue weighted by Gasteiger charge is -2.06. The molecule has 0 saturated heterocycles. The Morgan fingerprint density at radius 1 is 1.44 bits per heavy atom. The van der Waals surface area contributed by atoms with Gasteiger partial charge in [0.2, 0.25) is 5.88 Å². The normalized spacial score (nSPS) is 10.4. The van der Waals surface area contributed by atoms with Crippen LogP contribution in [0, 0.1) is 18.3 Å². The second kappa shape index (κ2) is 4.88. The Morgan fingerprint density at radius 3 is 2.83 bits per heavy atom. The zero-order valence-electron chi connectivity index (χ0n) is 10.6. The summed E-state index contributed by atoms with van der Waals surface area (Å²) >= 11 is 0. The zero-order chi connectivity index (χ0) is 13.1. The number of rotatable bonds is 3. The third kappa shape index (κ3) is 2.33. The first-order valence-electron chi connectivity index (χ1n) is 5.69. The fourth-order valence-corrected chi connectivity index (χ4v) is 1.51. The first kappa shape index (κ1) is 12.1. The minimum absolute atomic E-state index is 0.267. The van der Waals surface area contributed by atoms with Crippen molar-refractivity contribution in [1.82, 2.24) is 14.8 Å². The molecule has 2 heterocycles. The van der Waals surface area contributed by atoms with Crippen LogP contribution in [-0.2, 0) is 0 Å². The molecule has 0 radical (unpaired) electrons. The van der Waals surface area contributed by atoms with E-state index in [0.717, 1.165) is 5.56 Å². The monoisotopic (exact) mass is 242 g/mol. The van der Waals surface area contributed by atoms with E-state index in [9.17, 15) is 0 Å². The van der Waals surface area contributed by atoms with Crippen LogP contribution in [0.4, 0.5) is 0 Å². The fourth-order valence-electron chi connectivity index (χ4n) is 1.51. The Labute approximate surface area is 106 Å². The smallest absolute Gasteiger partial charge is 0.237 e. The molecular formula is C13H14N4O. The molecule has 0 aliphatic heterocycles. The Hall–Kier alpha value is -2.35. The highest BCUT2D eigenvalue weighted by molar-refractivity contribution is 5.45. The average Bonchev–Trinajstić information content (AvgIpc) is 2.78. The molecule has 0 aromatic carbocycles. The third-order valence-corrected chi connectivity index (χ3v) is 2.56. The lowest BCUT2D eigenvalue weighted by molar-refractivity contribution is 0.457. The maximum Gasteiger partial charge on any atom is 0.237 e. The van der Waals surface area contributed by atoms with Crippen LogP contribution in [0.25, 0.3) is 0 Å². The Balaban J connectivity index is 2.29. The van der Waals surface area contributed by atoms with E-state index in [1.807, 2.05) is 20.8 Å². The summed E-state index contributed by atoms with van der Waals surface area (Å²) in [6.07, 6.45) is 5.03. The standard InChI is InChI=1S/C13H14N4O/c1-9(2)17-8-11(7-16-17)18-13-12(6-14)10(3)4-5-15-13/h4-5,7-9H,1-3H3. The van der Waals surface area contributed by atoms with Gasteiger partial charge in [0.15, 0.2) is 5.75 Å². The van der Waals surface area contributed by atoms with E-state index in [1.54, 1.807) is 29.3 Å². The molecule has 0 aliphatic carbocycles. The molecule has 0 N–H and O–H groups in total. The molecule has 0 fully saturated rings. The molecule has 5 heteroatoms. The minimum atomic E-state index is 0.267. The molecule has 5 nitrogen and oxygen atoms in total. The van der Waals surface area contributed by atoms with E-state index in [4.69, 9.17) is 10.00 Å². The first-order chi connectivity index (χ1) is 8.61. The molecule has 0 spiro atoms. The van der Waals surface area contributed by atoms with Crippen molar-refractivity contribution in [3.8, 4) is 17.7 Å². The van der Waals surface area contributed by atoms with Gasteiger partial charge < -0.3 is 4.74 Å². The molecule has 2 aromatic rings. The molecular weight excluding hydrogens is 228 g/mol. The van der Waals surface area contributed by atoms with Gasteiger partial charge in [0, 0.05) is 12.2 Å². The number of aryl methyl sites for hydroxylation is 1. The van der Waals surface area contributed by atoms with Crippen LogP contribution >= 0.6 is 0 Å². The van der Waals surface area contributed by atoms with Gasteiger partial charge in [0.05, 0.1) is 12.4 Å². The van der Waals surface area contributed by atoms with Gasteiger partial charge in [0.25, 0.3) is 0 Å². The summed E-state index contributed by atoms with van der Waals surface area (Å²) in [7, 11) is 0. The third-order valence-electron chi connectivity index (χ3n) is 2.56. The molecule has 0 atom stereocenters. The highest BCUT2D eigenvalue weighted by Gasteiger charge is 2.10. The molecule has 0 aliphatic rings. The van der Waals surface area contributed by atoms with E-state index in [-0.39, 0.29) is 6.04 Å². The van der Waals surface area contributed by atoms with E-state index >= 15 is 0 Å². The van der Waals surface area contributed by atoms with Crippen molar-refractivity contribution in [3.63, 3.8) is 0 Å². The molecule has 0 amide bonds. The van der Waals surface area contributed by atoms with Gasteiger partial charge >= 0.3 is 0 Å². The van der Waals surface area contributed by atoms with E-state index in [0.29, 0.717) is 17.2 Å². The number of ether oxygens (including phenoxy) is 1. The second-order valence-electron chi connectivity index (χ2n) is 4.27. The van der Waals surface area contributed by atoms with Crippen molar-refractivity contribution in [1.29, 1.82) is 5.26 Å². The van der Waals surface area contributed by atoms with Crippen LogP contribution in [-0.4, -0.2) is 14.8 Å². The van der Waals surface area contributed by atoms with Crippen molar-refractivity contribution in [2.45, 2.75) is 26.8 Å². The van der Waals surface area contributed by atoms with Gasteiger partial charge in [-0.25, -0.2) is 4.98 Å². The summed E-state index contributed by atoms with van der Waals surface area (Å²) in [4.78, 5) is 4.08. The molecule has 0 bridgehead atoms. The maximum absolute atomic E-state index is 9.08. The fraction of sp³-hybridized carbons (Fsp3) is 0.308. The van der Waals surface area contributed by atoms with Crippen LogP contribution in [0.5, 0.6) is 11.6 Å². The molecule has 18 heavy (non-hydrogen) atoms. The second-order valence-corrected chi connectivity index (χ2v) is 4.27. The van der Waals surface area contributed by atoms with Crippen molar-refractivity contribution < 1.29 is 4.74 Å². The van der Waals surface area contributed by atoms with Gasteiger partial charge in [-0.05, 0) is 32.4 Å². The Kier molecular flexibility index (Phi) is 3.28. The average molecular weight is 242 g/mol. The summed E-state index contributed by atoms with van der Waals surface area (Å²) in [5.74, 6) is 0.902. The number of pyridine rings is 1. The summed E-state index contributed by atoms with van der Waals surface area (Å²) in [5.41, 5.74) is 1.30. The van der Waals surface area contributed by atoms with Crippen LogP contribution in [0.15, 0.2) is 24.7 Å². The van der Waals surface area contributed by atoms with E-state index < -0.39 is 0 Å². The number of nitrogens with zero attached hydrogens (tertiary/aromatic N) is 4. The molecule has 0 saturated carbocycles. The topological polar surface area (TPSA) is 63.7 Å². The highest BCUT2D eigenvalue weighted by Crippen LogP contribution is 2.24. The van der Waals surface area contributed by atoms with Crippen LogP contribution < -0.4 is 4.74 Å². The largest absolute Gasteiger partial charge is 0.434 e. The Morgan fingerprint density at radius 2 is 2.22 bits per heavy atom. The van der Waals surface area contributed by atoms with Gasteiger partial charge in [-0.15, -0.1) is 0 Å². The van der Waals surface area contributed by atoms with Crippen LogP contribution in [0.3, 0.4) is 0 Å². The van der Waals surface area contributed by atoms with Crippen molar-refractivity contribution >= 4 is 0 Å². The van der Waals surface area contributed by atoms with Gasteiger partial charge in [-0.2, -0.15) is 10.4 Å². The quantitative estimate of drug-likeness (QED) is 0.830. The van der Waals surface area contributed by atoms with Crippen molar-refractivity contribution in [2.75, 3.05) is 0 Å². The van der Waals surface area contributed by atoms with Crippen LogP contribution in [0.1, 0.15) is 31.0 Å². The molecule has 92 valence electrons. The summed E-state index contributed by atoms with van der Waals surface area (Å²) in [6.45, 7) is 5.91. The first-order valence-corrected chi connectivity index (χ1v) is 5.69. The summed E-state index contributed by atoms with van der Waals surface area (Å²) in [5, 5.41) is 13.3. The lowest BCUT2D eigenvalue weighted by atomic mass is 10.2. The minimum Gasteiger partial charge on any atom is -0.434 e. The molecule has 2 aromatic heterocycles. The highest BCUT2D eigenvalue weighted by atomic mass is 16.5. The number of aromatic nitrogens is 3. The number of hydrogen-bond donors (Lipinski definition) is 0. The zero-order valence-corrected chi connectivity index (χ0v) is 10.6. The maximum atomic E-state index is 9.08.